The third-order valence-corrected chi connectivity index (χ3v) is 4.97. The number of rotatable bonds is 3. The first-order valence-electron chi connectivity index (χ1n) is 7.64. The number of nitrogens with one attached hydrogen (secondary N) is 1. The molecule has 0 spiro atoms. The summed E-state index contributed by atoms with van der Waals surface area (Å²) in [4.78, 5) is 15.0. The van der Waals surface area contributed by atoms with Gasteiger partial charge < -0.3 is 10.2 Å². The molecule has 1 fully saturated rings. The zero-order chi connectivity index (χ0) is 15.6. The largest absolute Gasteiger partial charge is 0.347 e. The van der Waals surface area contributed by atoms with Crippen LogP contribution in [-0.4, -0.2) is 35.5 Å². The molecule has 1 saturated heterocycles. The van der Waals surface area contributed by atoms with Gasteiger partial charge in [-0.3, -0.25) is 4.79 Å². The van der Waals surface area contributed by atoms with Gasteiger partial charge in [0.1, 0.15) is 0 Å². The van der Waals surface area contributed by atoms with Gasteiger partial charge in [0.15, 0.2) is 0 Å². The SMILES string of the molecule is Cc1c(Cl)cccc1C(=O)NC1(C)CCN(C(C)C)CC1. The van der Waals surface area contributed by atoms with Gasteiger partial charge in [-0.1, -0.05) is 17.7 Å². The van der Waals surface area contributed by atoms with Crippen LogP contribution >= 0.6 is 11.6 Å². The number of benzene rings is 1. The van der Waals surface area contributed by atoms with E-state index in [-0.39, 0.29) is 11.4 Å². The maximum atomic E-state index is 12.5. The third kappa shape index (κ3) is 3.78. The Morgan fingerprint density at radius 1 is 1.33 bits per heavy atom. The van der Waals surface area contributed by atoms with E-state index in [1.807, 2.05) is 25.1 Å². The first-order valence-corrected chi connectivity index (χ1v) is 8.02. The summed E-state index contributed by atoms with van der Waals surface area (Å²) in [5.41, 5.74) is 1.40. The topological polar surface area (TPSA) is 32.3 Å². The predicted octanol–water partition coefficient (Wildman–Crippen LogP) is 3.64. The molecule has 0 atom stereocenters. The average molecular weight is 309 g/mol. The van der Waals surface area contributed by atoms with Crippen LogP contribution in [0.5, 0.6) is 0 Å². The summed E-state index contributed by atoms with van der Waals surface area (Å²) >= 11 is 6.10. The molecule has 116 valence electrons. The Bertz CT molecular complexity index is 520. The second kappa shape index (κ2) is 6.37. The lowest BCUT2D eigenvalue weighted by Gasteiger charge is -2.41. The number of carbonyl (C=O) groups is 1. The zero-order valence-electron chi connectivity index (χ0n) is 13.4. The summed E-state index contributed by atoms with van der Waals surface area (Å²) in [7, 11) is 0. The number of piperidine rings is 1. The van der Waals surface area contributed by atoms with Gasteiger partial charge in [0.2, 0.25) is 0 Å². The van der Waals surface area contributed by atoms with Crippen LogP contribution < -0.4 is 5.32 Å². The van der Waals surface area contributed by atoms with Gasteiger partial charge in [0.25, 0.3) is 5.91 Å². The first kappa shape index (κ1) is 16.3. The number of nitrogens with zero attached hydrogens (tertiary/aromatic N) is 1. The monoisotopic (exact) mass is 308 g/mol. The van der Waals surface area contributed by atoms with Crippen molar-refractivity contribution < 1.29 is 4.79 Å². The van der Waals surface area contributed by atoms with Gasteiger partial charge in [-0.05, 0) is 58.2 Å². The molecule has 2 rings (SSSR count). The molecule has 0 aliphatic carbocycles. The Kier molecular flexibility index (Phi) is 4.95. The Labute approximate surface area is 132 Å². The minimum atomic E-state index is -0.128. The van der Waals surface area contributed by atoms with Gasteiger partial charge in [-0.2, -0.15) is 0 Å². The second-order valence-corrected chi connectivity index (χ2v) is 6.96. The van der Waals surface area contributed by atoms with Gasteiger partial charge in [0.05, 0.1) is 0 Å². The fourth-order valence-electron chi connectivity index (χ4n) is 2.85. The Hall–Kier alpha value is -1.06. The Morgan fingerprint density at radius 2 is 1.95 bits per heavy atom. The van der Waals surface area contributed by atoms with Crippen molar-refractivity contribution >= 4 is 17.5 Å². The van der Waals surface area contributed by atoms with E-state index in [2.05, 4.69) is 31.0 Å². The van der Waals surface area contributed by atoms with E-state index >= 15 is 0 Å². The van der Waals surface area contributed by atoms with E-state index in [9.17, 15) is 4.79 Å². The van der Waals surface area contributed by atoms with E-state index in [1.54, 1.807) is 0 Å². The Balaban J connectivity index is 2.04. The minimum absolute atomic E-state index is 0.0181. The van der Waals surface area contributed by atoms with Crippen molar-refractivity contribution in [3.63, 3.8) is 0 Å². The molecule has 0 bridgehead atoms. The van der Waals surface area contributed by atoms with Gasteiger partial charge >= 0.3 is 0 Å². The lowest BCUT2D eigenvalue weighted by Crippen LogP contribution is -2.54. The number of hydrogen-bond acceptors (Lipinski definition) is 2. The van der Waals surface area contributed by atoms with Crippen LogP contribution in [-0.2, 0) is 0 Å². The molecule has 3 nitrogen and oxygen atoms in total. The first-order chi connectivity index (χ1) is 9.82. The number of halogens is 1. The zero-order valence-corrected chi connectivity index (χ0v) is 14.1. The summed E-state index contributed by atoms with van der Waals surface area (Å²) < 4.78 is 0. The molecule has 1 aromatic carbocycles. The predicted molar refractivity (Wildman–Crippen MR) is 88.0 cm³/mol. The van der Waals surface area contributed by atoms with Crippen molar-refractivity contribution in [3.05, 3.63) is 34.3 Å². The highest BCUT2D eigenvalue weighted by molar-refractivity contribution is 6.31. The van der Waals surface area contributed by atoms with Crippen molar-refractivity contribution in [2.24, 2.45) is 0 Å². The number of amides is 1. The lowest BCUT2D eigenvalue weighted by molar-refractivity contribution is 0.0801. The Morgan fingerprint density at radius 3 is 2.52 bits per heavy atom. The van der Waals surface area contributed by atoms with Gasteiger partial charge in [-0.15, -0.1) is 0 Å². The maximum Gasteiger partial charge on any atom is 0.252 e. The minimum Gasteiger partial charge on any atom is -0.347 e. The number of hydrogen-bond donors (Lipinski definition) is 1. The molecular weight excluding hydrogens is 284 g/mol. The average Bonchev–Trinajstić information content (AvgIpc) is 2.41. The molecule has 0 aromatic heterocycles. The molecule has 0 unspecified atom stereocenters. The summed E-state index contributed by atoms with van der Waals surface area (Å²) in [6.45, 7) is 10.5. The maximum absolute atomic E-state index is 12.5. The lowest BCUT2D eigenvalue weighted by atomic mass is 9.88. The van der Waals surface area contributed by atoms with Crippen molar-refractivity contribution in [1.82, 2.24) is 10.2 Å². The van der Waals surface area contributed by atoms with E-state index in [0.29, 0.717) is 16.6 Å². The highest BCUT2D eigenvalue weighted by atomic mass is 35.5. The van der Waals surface area contributed by atoms with Crippen LogP contribution in [0.4, 0.5) is 0 Å². The van der Waals surface area contributed by atoms with Crippen LogP contribution in [0.3, 0.4) is 0 Å². The van der Waals surface area contributed by atoms with E-state index in [0.717, 1.165) is 31.5 Å². The van der Waals surface area contributed by atoms with E-state index in [4.69, 9.17) is 11.6 Å². The smallest absolute Gasteiger partial charge is 0.252 e. The summed E-state index contributed by atoms with van der Waals surface area (Å²) in [6, 6.07) is 6.05. The van der Waals surface area contributed by atoms with Crippen molar-refractivity contribution in [2.45, 2.75) is 52.1 Å². The number of carbonyl (C=O) groups excluding carboxylic acids is 1. The summed E-state index contributed by atoms with van der Waals surface area (Å²) in [6.07, 6.45) is 1.97. The summed E-state index contributed by atoms with van der Waals surface area (Å²) in [5, 5.41) is 3.86. The van der Waals surface area contributed by atoms with Crippen molar-refractivity contribution in [1.29, 1.82) is 0 Å². The molecule has 0 radical (unpaired) electrons. The molecule has 1 aliphatic heterocycles. The third-order valence-electron chi connectivity index (χ3n) is 4.56. The molecule has 1 N–H and O–H groups in total. The molecule has 4 heteroatoms. The molecule has 1 amide bonds. The van der Waals surface area contributed by atoms with Crippen LogP contribution in [0.25, 0.3) is 0 Å². The van der Waals surface area contributed by atoms with Gasteiger partial charge in [-0.25, -0.2) is 0 Å². The molecule has 1 aromatic rings. The molecule has 0 saturated carbocycles. The molecular formula is C17H25ClN2O. The van der Waals surface area contributed by atoms with Crippen molar-refractivity contribution in [3.8, 4) is 0 Å². The standard InChI is InChI=1S/C17H25ClN2O/c1-12(2)20-10-8-17(4,9-11-20)19-16(21)14-6-5-7-15(18)13(14)3/h5-7,12H,8-11H2,1-4H3,(H,19,21). The molecule has 1 aliphatic rings. The quantitative estimate of drug-likeness (QED) is 0.924. The molecule has 1 heterocycles. The fourth-order valence-corrected chi connectivity index (χ4v) is 3.03. The normalized spacial score (nSPS) is 18.8. The van der Waals surface area contributed by atoms with Crippen LogP contribution in [0.2, 0.25) is 5.02 Å². The fraction of sp³-hybridized carbons (Fsp3) is 0.588. The van der Waals surface area contributed by atoms with Crippen LogP contribution in [0.15, 0.2) is 18.2 Å². The summed E-state index contributed by atoms with van der Waals surface area (Å²) in [5.74, 6) is -0.0181. The van der Waals surface area contributed by atoms with Crippen LogP contribution in [0.1, 0.15) is 49.5 Å². The van der Waals surface area contributed by atoms with Crippen LogP contribution in [0, 0.1) is 6.92 Å². The molecule has 21 heavy (non-hydrogen) atoms. The van der Waals surface area contributed by atoms with Crippen molar-refractivity contribution in [2.75, 3.05) is 13.1 Å². The highest BCUT2D eigenvalue weighted by Gasteiger charge is 2.32. The second-order valence-electron chi connectivity index (χ2n) is 6.56. The van der Waals surface area contributed by atoms with E-state index < -0.39 is 0 Å². The highest BCUT2D eigenvalue weighted by Crippen LogP contribution is 2.25. The van der Waals surface area contributed by atoms with E-state index in [1.165, 1.54) is 0 Å². The van der Waals surface area contributed by atoms with Gasteiger partial charge in [0, 0.05) is 35.3 Å². The number of likely N-dealkylation sites (tertiary alicyclic amines) is 1.